The van der Waals surface area contributed by atoms with Crippen LogP contribution in [0.1, 0.15) is 5.82 Å². The lowest BCUT2D eigenvalue weighted by molar-refractivity contribution is 0.425. The van der Waals surface area contributed by atoms with Crippen LogP contribution in [0.5, 0.6) is 0 Å². The van der Waals surface area contributed by atoms with Gasteiger partial charge in [-0.2, -0.15) is 4.98 Å². The quantitative estimate of drug-likeness (QED) is 0.515. The largest absolute Gasteiger partial charge is 0.357 e. The van der Waals surface area contributed by atoms with E-state index in [0.717, 1.165) is 9.47 Å². The van der Waals surface area contributed by atoms with E-state index in [1.807, 2.05) is 0 Å². The third-order valence-electron chi connectivity index (χ3n) is 2.69. The van der Waals surface area contributed by atoms with Crippen molar-refractivity contribution in [1.82, 2.24) is 20.3 Å². The molecule has 0 aliphatic heterocycles. The smallest absolute Gasteiger partial charge is 0.257 e. The molecular formula is C14H12FN5OS2. The number of hydrogen-bond donors (Lipinski definition) is 1. The van der Waals surface area contributed by atoms with Crippen LogP contribution in [0.3, 0.4) is 0 Å². The first kappa shape index (κ1) is 15.6. The first-order valence-corrected chi connectivity index (χ1v) is 8.44. The molecule has 0 amide bonds. The van der Waals surface area contributed by atoms with Crippen molar-refractivity contribution in [3.63, 3.8) is 0 Å². The summed E-state index contributed by atoms with van der Waals surface area (Å²) in [5.74, 6) is 1.12. The molecule has 0 radical (unpaired) electrons. The molecule has 1 aromatic carbocycles. The van der Waals surface area contributed by atoms with Gasteiger partial charge in [0.05, 0.1) is 5.75 Å². The Hall–Kier alpha value is -2.26. The Morgan fingerprint density at radius 2 is 2.13 bits per heavy atom. The third-order valence-corrected chi connectivity index (χ3v) is 4.70. The molecule has 0 bridgehead atoms. The molecule has 118 valence electrons. The van der Waals surface area contributed by atoms with Gasteiger partial charge in [0.1, 0.15) is 5.82 Å². The molecule has 0 saturated carbocycles. The number of hydrogen-bond acceptors (Lipinski definition) is 8. The van der Waals surface area contributed by atoms with Crippen LogP contribution in [-0.2, 0) is 5.75 Å². The average Bonchev–Trinajstić information content (AvgIpc) is 3.21. The van der Waals surface area contributed by atoms with Gasteiger partial charge in [0.15, 0.2) is 10.2 Å². The van der Waals surface area contributed by atoms with E-state index < -0.39 is 0 Å². The lowest BCUT2D eigenvalue weighted by Gasteiger charge is -1.93. The zero-order valence-electron chi connectivity index (χ0n) is 11.9. The molecule has 0 aliphatic rings. The van der Waals surface area contributed by atoms with Crippen LogP contribution in [0, 0.1) is 5.82 Å². The van der Waals surface area contributed by atoms with Gasteiger partial charge in [0.2, 0.25) is 5.13 Å². The second kappa shape index (κ2) is 7.34. The fourth-order valence-electron chi connectivity index (χ4n) is 1.65. The maximum Gasteiger partial charge on any atom is 0.257 e. The lowest BCUT2D eigenvalue weighted by atomic mass is 10.2. The molecular weight excluding hydrogens is 337 g/mol. The van der Waals surface area contributed by atoms with Crippen molar-refractivity contribution in [3.05, 3.63) is 48.6 Å². The van der Waals surface area contributed by atoms with E-state index in [9.17, 15) is 4.39 Å². The van der Waals surface area contributed by atoms with E-state index in [2.05, 4.69) is 32.2 Å². The zero-order chi connectivity index (χ0) is 16.1. The number of aromatic nitrogens is 4. The van der Waals surface area contributed by atoms with E-state index in [1.165, 1.54) is 35.2 Å². The minimum Gasteiger partial charge on any atom is -0.357 e. The van der Waals surface area contributed by atoms with Gasteiger partial charge in [-0.25, -0.2) is 4.39 Å². The van der Waals surface area contributed by atoms with Gasteiger partial charge < -0.3 is 9.84 Å². The Morgan fingerprint density at radius 1 is 1.30 bits per heavy atom. The number of nitrogens with zero attached hydrogens (tertiary/aromatic N) is 4. The van der Waals surface area contributed by atoms with Crippen LogP contribution in [-0.4, -0.2) is 26.9 Å². The molecule has 0 spiro atoms. The number of halogens is 1. The van der Waals surface area contributed by atoms with E-state index in [1.54, 1.807) is 18.2 Å². The Balaban J connectivity index is 1.59. The number of benzene rings is 1. The summed E-state index contributed by atoms with van der Waals surface area (Å²) >= 11 is 2.92. The van der Waals surface area contributed by atoms with Gasteiger partial charge in [-0.05, 0) is 24.3 Å². The molecule has 23 heavy (non-hydrogen) atoms. The summed E-state index contributed by atoms with van der Waals surface area (Å²) in [7, 11) is 0. The Bertz CT molecular complexity index is 787. The van der Waals surface area contributed by atoms with Crippen molar-refractivity contribution < 1.29 is 8.91 Å². The first-order valence-electron chi connectivity index (χ1n) is 6.64. The summed E-state index contributed by atoms with van der Waals surface area (Å²) in [5.41, 5.74) is 0.682. The summed E-state index contributed by atoms with van der Waals surface area (Å²) < 4.78 is 18.9. The van der Waals surface area contributed by atoms with Gasteiger partial charge in [0, 0.05) is 12.1 Å². The van der Waals surface area contributed by atoms with Gasteiger partial charge in [0.25, 0.3) is 5.89 Å². The molecule has 3 rings (SSSR count). The third kappa shape index (κ3) is 4.14. The fourth-order valence-corrected chi connectivity index (χ4v) is 3.25. The summed E-state index contributed by atoms with van der Waals surface area (Å²) in [6.45, 7) is 4.28. The summed E-state index contributed by atoms with van der Waals surface area (Å²) in [6, 6.07) is 5.91. The van der Waals surface area contributed by atoms with Crippen LogP contribution < -0.4 is 5.32 Å². The van der Waals surface area contributed by atoms with Crippen LogP contribution in [0.2, 0.25) is 0 Å². The highest BCUT2D eigenvalue weighted by molar-refractivity contribution is 8.00. The average molecular weight is 349 g/mol. The van der Waals surface area contributed by atoms with Crippen molar-refractivity contribution in [2.45, 2.75) is 10.1 Å². The standard InChI is InChI=1S/C14H12FN5OS2/c1-2-7-16-13-18-19-14(23-13)22-8-11-17-12(21-20-11)9-3-5-10(15)6-4-9/h2-6H,1,7-8H2,(H,16,18). The molecule has 0 unspecified atom stereocenters. The molecule has 6 nitrogen and oxygen atoms in total. The van der Waals surface area contributed by atoms with Crippen LogP contribution in [0.25, 0.3) is 11.5 Å². The normalized spacial score (nSPS) is 10.7. The maximum absolute atomic E-state index is 12.9. The molecule has 1 N–H and O–H groups in total. The minimum absolute atomic E-state index is 0.304. The number of anilines is 1. The number of rotatable bonds is 7. The molecule has 0 saturated heterocycles. The van der Waals surface area contributed by atoms with E-state index >= 15 is 0 Å². The van der Waals surface area contributed by atoms with Crippen molar-refractivity contribution in [2.75, 3.05) is 11.9 Å². The predicted molar refractivity (Wildman–Crippen MR) is 87.8 cm³/mol. The minimum atomic E-state index is -0.304. The summed E-state index contributed by atoms with van der Waals surface area (Å²) in [6.07, 6.45) is 1.75. The van der Waals surface area contributed by atoms with Crippen molar-refractivity contribution in [3.8, 4) is 11.5 Å². The molecule has 0 fully saturated rings. The zero-order valence-corrected chi connectivity index (χ0v) is 13.5. The van der Waals surface area contributed by atoms with E-state index in [-0.39, 0.29) is 5.82 Å². The monoisotopic (exact) mass is 349 g/mol. The summed E-state index contributed by atoms with van der Waals surface area (Å²) in [5, 5.41) is 15.8. The number of thioether (sulfide) groups is 1. The second-order valence-corrected chi connectivity index (χ2v) is 6.55. The van der Waals surface area contributed by atoms with Gasteiger partial charge in [-0.15, -0.1) is 16.8 Å². The van der Waals surface area contributed by atoms with Gasteiger partial charge >= 0.3 is 0 Å². The van der Waals surface area contributed by atoms with Crippen LogP contribution in [0.15, 0.2) is 45.8 Å². The highest BCUT2D eigenvalue weighted by Gasteiger charge is 2.11. The molecule has 2 heterocycles. The molecule has 0 aliphatic carbocycles. The van der Waals surface area contributed by atoms with Crippen molar-refractivity contribution in [2.24, 2.45) is 0 Å². The van der Waals surface area contributed by atoms with Crippen molar-refractivity contribution >= 4 is 28.2 Å². The lowest BCUT2D eigenvalue weighted by Crippen LogP contribution is -1.96. The molecule has 2 aromatic heterocycles. The van der Waals surface area contributed by atoms with Gasteiger partial charge in [-0.3, -0.25) is 0 Å². The molecule has 9 heteroatoms. The predicted octanol–water partition coefficient (Wildman–Crippen LogP) is 3.62. The SMILES string of the molecule is C=CCNc1nnc(SCc2noc(-c3ccc(F)cc3)n2)s1. The van der Waals surface area contributed by atoms with E-state index in [4.69, 9.17) is 4.52 Å². The van der Waals surface area contributed by atoms with Crippen LogP contribution in [0.4, 0.5) is 9.52 Å². The van der Waals surface area contributed by atoms with Crippen molar-refractivity contribution in [1.29, 1.82) is 0 Å². The highest BCUT2D eigenvalue weighted by atomic mass is 32.2. The maximum atomic E-state index is 12.9. The van der Waals surface area contributed by atoms with Crippen LogP contribution >= 0.6 is 23.1 Å². The highest BCUT2D eigenvalue weighted by Crippen LogP contribution is 2.28. The Morgan fingerprint density at radius 3 is 2.91 bits per heavy atom. The first-order chi connectivity index (χ1) is 11.2. The van der Waals surface area contributed by atoms with E-state index in [0.29, 0.717) is 29.6 Å². The fraction of sp³-hybridized carbons (Fsp3) is 0.143. The Labute approximate surface area is 139 Å². The molecule has 3 aromatic rings. The summed E-state index contributed by atoms with van der Waals surface area (Å²) in [4.78, 5) is 4.29. The second-order valence-electron chi connectivity index (χ2n) is 4.35. The molecule has 0 atom stereocenters. The van der Waals surface area contributed by atoms with Gasteiger partial charge in [-0.1, -0.05) is 34.3 Å². The topological polar surface area (TPSA) is 76.7 Å². The Kier molecular flexibility index (Phi) is 4.99. The number of nitrogens with one attached hydrogen (secondary N) is 1.